The van der Waals surface area contributed by atoms with E-state index in [-0.39, 0.29) is 0 Å². The monoisotopic (exact) mass is 280 g/mol. The van der Waals surface area contributed by atoms with Crippen molar-refractivity contribution < 1.29 is 0 Å². The van der Waals surface area contributed by atoms with Gasteiger partial charge in [-0.3, -0.25) is 4.90 Å². The molecule has 1 saturated heterocycles. The normalized spacial score (nSPS) is 40.8. The van der Waals surface area contributed by atoms with Gasteiger partial charge in [0.2, 0.25) is 0 Å². The molecule has 2 fully saturated rings. The molecule has 1 heterocycles. The van der Waals surface area contributed by atoms with Gasteiger partial charge in [-0.2, -0.15) is 0 Å². The smallest absolute Gasteiger partial charge is 0.0332 e. The van der Waals surface area contributed by atoms with E-state index >= 15 is 0 Å². The van der Waals surface area contributed by atoms with E-state index in [0.29, 0.717) is 5.54 Å². The molecule has 4 unspecified atom stereocenters. The third-order valence-electron chi connectivity index (χ3n) is 6.06. The van der Waals surface area contributed by atoms with Gasteiger partial charge in [-0.25, -0.2) is 0 Å². The molecule has 0 spiro atoms. The lowest BCUT2D eigenvalue weighted by Crippen LogP contribution is -2.58. The summed E-state index contributed by atoms with van der Waals surface area (Å²) < 4.78 is 0. The summed E-state index contributed by atoms with van der Waals surface area (Å²) >= 11 is 0. The number of hydrogen-bond donors (Lipinski definition) is 1. The Morgan fingerprint density at radius 2 is 1.75 bits per heavy atom. The van der Waals surface area contributed by atoms with Gasteiger partial charge in [-0.1, -0.05) is 40.5 Å². The van der Waals surface area contributed by atoms with Crippen LogP contribution in [0.2, 0.25) is 0 Å². The molecule has 0 bridgehead atoms. The van der Waals surface area contributed by atoms with E-state index in [9.17, 15) is 0 Å². The average Bonchev–Trinajstić information content (AvgIpc) is 2.60. The van der Waals surface area contributed by atoms with Gasteiger partial charge in [0.1, 0.15) is 0 Å². The van der Waals surface area contributed by atoms with E-state index in [0.717, 1.165) is 30.2 Å². The quantitative estimate of drug-likeness (QED) is 0.795. The molecule has 2 N–H and O–H groups in total. The van der Waals surface area contributed by atoms with Gasteiger partial charge in [0, 0.05) is 25.2 Å². The number of nitrogens with zero attached hydrogens (tertiary/aromatic N) is 1. The average molecular weight is 280 g/mol. The summed E-state index contributed by atoms with van der Waals surface area (Å²) in [6.07, 6.45) is 8.22. The predicted molar refractivity (Wildman–Crippen MR) is 87.7 cm³/mol. The first-order chi connectivity index (χ1) is 9.47. The van der Waals surface area contributed by atoms with E-state index in [1.54, 1.807) is 0 Å². The zero-order valence-corrected chi connectivity index (χ0v) is 14.2. The second kappa shape index (κ2) is 6.79. The van der Waals surface area contributed by atoms with Gasteiger partial charge < -0.3 is 5.73 Å². The first kappa shape index (κ1) is 16.3. The van der Waals surface area contributed by atoms with Crippen LogP contribution >= 0.6 is 0 Å². The fraction of sp³-hybridized carbons (Fsp3) is 1.00. The Bertz CT molecular complexity index is 292. The van der Waals surface area contributed by atoms with Crippen molar-refractivity contribution in [2.24, 2.45) is 29.4 Å². The standard InChI is InChI=1S/C18H36N2/c1-14(2)17-6-5-8-18(13-19,9-7-17)20-11-15(3)10-16(4)12-20/h14-17H,5-13,19H2,1-4H3. The van der Waals surface area contributed by atoms with Gasteiger partial charge in [-0.15, -0.1) is 0 Å². The number of rotatable bonds is 3. The fourth-order valence-corrected chi connectivity index (χ4v) is 4.78. The van der Waals surface area contributed by atoms with Crippen molar-refractivity contribution in [1.29, 1.82) is 0 Å². The molecule has 1 aliphatic carbocycles. The lowest BCUT2D eigenvalue weighted by Gasteiger charge is -2.48. The topological polar surface area (TPSA) is 29.3 Å². The van der Waals surface area contributed by atoms with Crippen molar-refractivity contribution >= 4 is 0 Å². The number of piperidine rings is 1. The Hall–Kier alpha value is -0.0800. The van der Waals surface area contributed by atoms with E-state index in [2.05, 4.69) is 32.6 Å². The molecule has 0 aromatic heterocycles. The highest BCUT2D eigenvalue weighted by Gasteiger charge is 2.40. The molecular formula is C18H36N2. The summed E-state index contributed by atoms with van der Waals surface area (Å²) in [6.45, 7) is 13.0. The maximum Gasteiger partial charge on any atom is 0.0332 e. The Balaban J connectivity index is 2.08. The largest absolute Gasteiger partial charge is 0.329 e. The third kappa shape index (κ3) is 3.57. The molecule has 2 aliphatic rings. The maximum atomic E-state index is 6.31. The van der Waals surface area contributed by atoms with Crippen LogP contribution in [0.3, 0.4) is 0 Å². The van der Waals surface area contributed by atoms with Crippen molar-refractivity contribution in [3.8, 4) is 0 Å². The van der Waals surface area contributed by atoms with Gasteiger partial charge in [0.15, 0.2) is 0 Å². The zero-order valence-electron chi connectivity index (χ0n) is 14.2. The summed E-state index contributed by atoms with van der Waals surface area (Å²) in [6, 6.07) is 0. The Morgan fingerprint density at radius 1 is 1.10 bits per heavy atom. The molecule has 4 atom stereocenters. The van der Waals surface area contributed by atoms with E-state index in [1.807, 2.05) is 0 Å². The van der Waals surface area contributed by atoms with E-state index in [4.69, 9.17) is 5.73 Å². The van der Waals surface area contributed by atoms with Crippen LogP contribution in [-0.4, -0.2) is 30.1 Å². The molecule has 0 aromatic rings. The SMILES string of the molecule is CC1CC(C)CN(C2(CN)CCCC(C(C)C)CC2)C1. The lowest BCUT2D eigenvalue weighted by atomic mass is 9.81. The predicted octanol–water partition coefficient (Wildman–Crippen LogP) is 3.90. The van der Waals surface area contributed by atoms with Crippen LogP contribution in [0.4, 0.5) is 0 Å². The second-order valence-corrected chi connectivity index (χ2v) is 8.21. The van der Waals surface area contributed by atoms with Crippen molar-refractivity contribution in [3.05, 3.63) is 0 Å². The molecule has 2 nitrogen and oxygen atoms in total. The first-order valence-corrected chi connectivity index (χ1v) is 8.92. The second-order valence-electron chi connectivity index (χ2n) is 8.21. The van der Waals surface area contributed by atoms with Crippen LogP contribution < -0.4 is 5.73 Å². The van der Waals surface area contributed by atoms with Gasteiger partial charge >= 0.3 is 0 Å². The molecule has 20 heavy (non-hydrogen) atoms. The van der Waals surface area contributed by atoms with Crippen molar-refractivity contribution in [2.45, 2.75) is 71.8 Å². The Morgan fingerprint density at radius 3 is 2.30 bits per heavy atom. The zero-order chi connectivity index (χ0) is 14.8. The van der Waals surface area contributed by atoms with Crippen molar-refractivity contribution in [2.75, 3.05) is 19.6 Å². The third-order valence-corrected chi connectivity index (χ3v) is 6.06. The molecule has 0 radical (unpaired) electrons. The lowest BCUT2D eigenvalue weighted by molar-refractivity contribution is 0.0176. The molecule has 2 rings (SSSR count). The molecule has 2 heteroatoms. The van der Waals surface area contributed by atoms with E-state index in [1.165, 1.54) is 51.6 Å². The van der Waals surface area contributed by atoms with Crippen molar-refractivity contribution in [1.82, 2.24) is 4.90 Å². The van der Waals surface area contributed by atoms with Gasteiger partial charge in [0.25, 0.3) is 0 Å². The summed E-state index contributed by atoms with van der Waals surface area (Å²) in [5, 5.41) is 0. The van der Waals surface area contributed by atoms with Crippen molar-refractivity contribution in [3.63, 3.8) is 0 Å². The maximum absolute atomic E-state index is 6.31. The number of likely N-dealkylation sites (tertiary alicyclic amines) is 1. The summed E-state index contributed by atoms with van der Waals surface area (Å²) in [4.78, 5) is 2.79. The summed E-state index contributed by atoms with van der Waals surface area (Å²) in [5.74, 6) is 3.43. The van der Waals surface area contributed by atoms with Gasteiger partial charge in [-0.05, 0) is 49.4 Å². The first-order valence-electron chi connectivity index (χ1n) is 8.92. The Labute approximate surface area is 126 Å². The minimum Gasteiger partial charge on any atom is -0.329 e. The molecule has 0 aromatic carbocycles. The molecule has 118 valence electrons. The van der Waals surface area contributed by atoms with Crippen LogP contribution in [-0.2, 0) is 0 Å². The van der Waals surface area contributed by atoms with Crippen LogP contribution in [0.5, 0.6) is 0 Å². The highest BCUT2D eigenvalue weighted by atomic mass is 15.2. The molecule has 0 amide bonds. The number of hydrogen-bond acceptors (Lipinski definition) is 2. The van der Waals surface area contributed by atoms with Crippen LogP contribution in [0.25, 0.3) is 0 Å². The highest BCUT2D eigenvalue weighted by molar-refractivity contribution is 4.97. The minimum atomic E-state index is 0.312. The van der Waals surface area contributed by atoms with Crippen LogP contribution in [0.1, 0.15) is 66.2 Å². The van der Waals surface area contributed by atoms with Crippen LogP contribution in [0, 0.1) is 23.7 Å². The Kier molecular flexibility index (Phi) is 5.53. The fourth-order valence-electron chi connectivity index (χ4n) is 4.78. The summed E-state index contributed by atoms with van der Waals surface area (Å²) in [7, 11) is 0. The van der Waals surface area contributed by atoms with Gasteiger partial charge in [0.05, 0.1) is 0 Å². The molecular weight excluding hydrogens is 244 g/mol. The van der Waals surface area contributed by atoms with Crippen LogP contribution in [0.15, 0.2) is 0 Å². The van der Waals surface area contributed by atoms with E-state index < -0.39 is 0 Å². The number of nitrogens with two attached hydrogens (primary N) is 1. The summed E-state index contributed by atoms with van der Waals surface area (Å²) in [5.41, 5.74) is 6.62. The molecule has 1 saturated carbocycles. The molecule has 1 aliphatic heterocycles. The highest BCUT2D eigenvalue weighted by Crippen LogP contribution is 2.39. The minimum absolute atomic E-state index is 0.312.